The number of esters is 1. The zero-order valence-corrected chi connectivity index (χ0v) is 10.3. The molecular formula is C12H21NO3. The number of carbonyl (C=O) groups is 1. The molecule has 0 amide bonds. The first kappa shape index (κ1) is 11.9. The SMILES string of the molecule is CC(C)(C)OC(=O)[C@]12CCCN[C@@H]1COC2. The third-order valence-corrected chi connectivity index (χ3v) is 3.31. The highest BCUT2D eigenvalue weighted by Crippen LogP contribution is 2.38. The van der Waals surface area contributed by atoms with Crippen molar-refractivity contribution in [2.24, 2.45) is 5.41 Å². The van der Waals surface area contributed by atoms with Crippen LogP contribution in [-0.4, -0.2) is 37.4 Å². The molecule has 0 saturated carbocycles. The smallest absolute Gasteiger partial charge is 0.316 e. The zero-order chi connectivity index (χ0) is 11.8. The van der Waals surface area contributed by atoms with E-state index in [1.54, 1.807) is 0 Å². The van der Waals surface area contributed by atoms with Crippen molar-refractivity contribution in [1.29, 1.82) is 0 Å². The van der Waals surface area contributed by atoms with Crippen molar-refractivity contribution >= 4 is 5.97 Å². The van der Waals surface area contributed by atoms with E-state index in [0.717, 1.165) is 19.4 Å². The number of nitrogens with one attached hydrogen (secondary N) is 1. The first-order valence-electron chi connectivity index (χ1n) is 5.99. The Morgan fingerprint density at radius 3 is 2.94 bits per heavy atom. The van der Waals surface area contributed by atoms with Crippen LogP contribution in [0.15, 0.2) is 0 Å². The summed E-state index contributed by atoms with van der Waals surface area (Å²) in [5, 5.41) is 3.36. The van der Waals surface area contributed by atoms with Crippen LogP contribution in [0.2, 0.25) is 0 Å². The van der Waals surface area contributed by atoms with Gasteiger partial charge in [0.1, 0.15) is 11.0 Å². The van der Waals surface area contributed by atoms with Crippen LogP contribution in [0, 0.1) is 5.41 Å². The summed E-state index contributed by atoms with van der Waals surface area (Å²) in [6.07, 6.45) is 1.89. The van der Waals surface area contributed by atoms with Crippen LogP contribution in [-0.2, 0) is 14.3 Å². The van der Waals surface area contributed by atoms with Crippen LogP contribution < -0.4 is 5.32 Å². The van der Waals surface area contributed by atoms with Crippen molar-refractivity contribution in [2.45, 2.75) is 45.3 Å². The summed E-state index contributed by atoms with van der Waals surface area (Å²) in [7, 11) is 0. The van der Waals surface area contributed by atoms with Crippen LogP contribution >= 0.6 is 0 Å². The average Bonchev–Trinajstić information content (AvgIpc) is 2.59. The summed E-state index contributed by atoms with van der Waals surface area (Å²) in [6, 6.07) is 0.135. The lowest BCUT2D eigenvalue weighted by molar-refractivity contribution is -0.170. The second kappa shape index (κ2) is 4.00. The van der Waals surface area contributed by atoms with Gasteiger partial charge in [-0.15, -0.1) is 0 Å². The normalized spacial score (nSPS) is 34.6. The molecule has 2 aliphatic heterocycles. The van der Waals surface area contributed by atoms with E-state index in [2.05, 4.69) is 5.32 Å². The molecular weight excluding hydrogens is 206 g/mol. The molecule has 2 saturated heterocycles. The van der Waals surface area contributed by atoms with Gasteiger partial charge in [0.15, 0.2) is 0 Å². The molecule has 0 aromatic rings. The number of ether oxygens (including phenoxy) is 2. The lowest BCUT2D eigenvalue weighted by Gasteiger charge is -2.37. The minimum Gasteiger partial charge on any atom is -0.459 e. The van der Waals surface area contributed by atoms with Gasteiger partial charge < -0.3 is 14.8 Å². The van der Waals surface area contributed by atoms with Crippen molar-refractivity contribution in [3.05, 3.63) is 0 Å². The van der Waals surface area contributed by atoms with E-state index in [0.29, 0.717) is 13.2 Å². The van der Waals surface area contributed by atoms with Gasteiger partial charge in [-0.1, -0.05) is 0 Å². The van der Waals surface area contributed by atoms with Gasteiger partial charge in [-0.05, 0) is 40.2 Å². The first-order valence-corrected chi connectivity index (χ1v) is 5.99. The van der Waals surface area contributed by atoms with E-state index in [-0.39, 0.29) is 12.0 Å². The van der Waals surface area contributed by atoms with Crippen LogP contribution in [0.4, 0.5) is 0 Å². The molecule has 2 fully saturated rings. The molecule has 92 valence electrons. The summed E-state index contributed by atoms with van der Waals surface area (Å²) in [5.74, 6) is -0.102. The molecule has 2 atom stereocenters. The second-order valence-corrected chi connectivity index (χ2v) is 5.78. The summed E-state index contributed by atoms with van der Waals surface area (Å²) < 4.78 is 11.0. The van der Waals surface area contributed by atoms with Gasteiger partial charge in [-0.25, -0.2) is 0 Å². The van der Waals surface area contributed by atoms with Crippen LogP contribution in [0.1, 0.15) is 33.6 Å². The largest absolute Gasteiger partial charge is 0.459 e. The van der Waals surface area contributed by atoms with Gasteiger partial charge in [0.05, 0.1) is 13.2 Å². The molecule has 1 N–H and O–H groups in total. The van der Waals surface area contributed by atoms with Gasteiger partial charge in [0.25, 0.3) is 0 Å². The van der Waals surface area contributed by atoms with E-state index >= 15 is 0 Å². The zero-order valence-electron chi connectivity index (χ0n) is 10.3. The Bertz CT molecular complexity index is 284. The molecule has 2 rings (SSSR count). The Labute approximate surface area is 96.7 Å². The molecule has 0 spiro atoms. The third-order valence-electron chi connectivity index (χ3n) is 3.31. The fourth-order valence-electron chi connectivity index (χ4n) is 2.48. The van der Waals surface area contributed by atoms with E-state index in [1.165, 1.54) is 0 Å². The number of hydrogen-bond acceptors (Lipinski definition) is 4. The van der Waals surface area contributed by atoms with Crippen molar-refractivity contribution < 1.29 is 14.3 Å². The summed E-state index contributed by atoms with van der Waals surface area (Å²) in [6.45, 7) is 7.81. The maximum Gasteiger partial charge on any atom is 0.316 e. The molecule has 0 aromatic carbocycles. The van der Waals surface area contributed by atoms with Gasteiger partial charge >= 0.3 is 5.97 Å². The summed E-state index contributed by atoms with van der Waals surface area (Å²) >= 11 is 0. The van der Waals surface area contributed by atoms with E-state index < -0.39 is 11.0 Å². The lowest BCUT2D eigenvalue weighted by atomic mass is 9.76. The topological polar surface area (TPSA) is 47.6 Å². The highest BCUT2D eigenvalue weighted by Gasteiger charge is 2.53. The van der Waals surface area contributed by atoms with E-state index in [4.69, 9.17) is 9.47 Å². The Hall–Kier alpha value is -0.610. The number of fused-ring (bicyclic) bond motifs is 1. The molecule has 4 heteroatoms. The highest BCUT2D eigenvalue weighted by atomic mass is 16.6. The fourth-order valence-corrected chi connectivity index (χ4v) is 2.48. The average molecular weight is 227 g/mol. The number of rotatable bonds is 1. The minimum atomic E-state index is -0.439. The van der Waals surface area contributed by atoms with Crippen LogP contribution in [0.5, 0.6) is 0 Å². The highest BCUT2D eigenvalue weighted by molar-refractivity contribution is 5.79. The molecule has 0 unspecified atom stereocenters. The Balaban J connectivity index is 2.13. The first-order chi connectivity index (χ1) is 7.44. The predicted molar refractivity (Wildman–Crippen MR) is 60.1 cm³/mol. The molecule has 2 aliphatic rings. The Kier molecular flexibility index (Phi) is 2.97. The maximum absolute atomic E-state index is 12.3. The Morgan fingerprint density at radius 2 is 2.25 bits per heavy atom. The fraction of sp³-hybridized carbons (Fsp3) is 0.917. The molecule has 0 aromatic heterocycles. The van der Waals surface area contributed by atoms with Gasteiger partial charge in [-0.3, -0.25) is 4.79 Å². The number of hydrogen-bond donors (Lipinski definition) is 1. The van der Waals surface area contributed by atoms with Crippen molar-refractivity contribution in [3.8, 4) is 0 Å². The third kappa shape index (κ3) is 2.09. The van der Waals surface area contributed by atoms with Crippen LogP contribution in [0.25, 0.3) is 0 Å². The maximum atomic E-state index is 12.3. The molecule has 0 bridgehead atoms. The van der Waals surface area contributed by atoms with Crippen molar-refractivity contribution in [2.75, 3.05) is 19.8 Å². The van der Waals surface area contributed by atoms with Crippen molar-refractivity contribution in [1.82, 2.24) is 5.32 Å². The molecule has 4 nitrogen and oxygen atoms in total. The second-order valence-electron chi connectivity index (χ2n) is 5.78. The summed E-state index contributed by atoms with van der Waals surface area (Å²) in [4.78, 5) is 12.3. The standard InChI is InChI=1S/C12H21NO3/c1-11(2,3)16-10(14)12-5-4-6-13-9(12)7-15-8-12/h9,13H,4-8H2,1-3H3/t9-,12+/m1/s1. The lowest BCUT2D eigenvalue weighted by Crippen LogP contribution is -2.54. The van der Waals surface area contributed by atoms with Gasteiger partial charge in [0.2, 0.25) is 0 Å². The van der Waals surface area contributed by atoms with E-state index in [1.807, 2.05) is 20.8 Å². The van der Waals surface area contributed by atoms with Gasteiger partial charge in [0, 0.05) is 6.04 Å². The molecule has 0 aliphatic carbocycles. The molecule has 16 heavy (non-hydrogen) atoms. The Morgan fingerprint density at radius 1 is 1.50 bits per heavy atom. The quantitative estimate of drug-likeness (QED) is 0.681. The number of carbonyl (C=O) groups excluding carboxylic acids is 1. The summed E-state index contributed by atoms with van der Waals surface area (Å²) in [5.41, 5.74) is -0.859. The molecule has 0 radical (unpaired) electrons. The van der Waals surface area contributed by atoms with E-state index in [9.17, 15) is 4.79 Å². The monoisotopic (exact) mass is 227 g/mol. The molecule has 2 heterocycles. The minimum absolute atomic E-state index is 0.102. The predicted octanol–water partition coefficient (Wildman–Crippen LogP) is 1.10. The van der Waals surface area contributed by atoms with Crippen LogP contribution in [0.3, 0.4) is 0 Å². The van der Waals surface area contributed by atoms with Gasteiger partial charge in [-0.2, -0.15) is 0 Å². The number of piperidine rings is 1. The van der Waals surface area contributed by atoms with Crippen molar-refractivity contribution in [3.63, 3.8) is 0 Å².